The van der Waals surface area contributed by atoms with E-state index in [1.54, 1.807) is 23.8 Å². The van der Waals surface area contributed by atoms with Crippen molar-refractivity contribution >= 4 is 17.4 Å². The number of carbonyl (C=O) groups is 1. The number of anilines is 1. The third-order valence-electron chi connectivity index (χ3n) is 4.88. The van der Waals surface area contributed by atoms with Crippen molar-refractivity contribution in [2.45, 2.75) is 19.6 Å². The molecular formula is C21H18FN7O2. The second-order valence-electron chi connectivity index (χ2n) is 7.15. The molecule has 31 heavy (non-hydrogen) atoms. The van der Waals surface area contributed by atoms with Crippen molar-refractivity contribution in [3.05, 3.63) is 66.0 Å². The van der Waals surface area contributed by atoms with Crippen molar-refractivity contribution in [1.82, 2.24) is 29.9 Å². The van der Waals surface area contributed by atoms with E-state index in [9.17, 15) is 9.18 Å². The first-order chi connectivity index (χ1) is 15.1. The Kier molecular flexibility index (Phi) is 4.66. The zero-order chi connectivity index (χ0) is 21.4. The van der Waals surface area contributed by atoms with Crippen LogP contribution in [-0.2, 0) is 6.54 Å². The minimum Gasteiger partial charge on any atom is -0.473 e. The van der Waals surface area contributed by atoms with Gasteiger partial charge in [-0.3, -0.25) is 9.78 Å². The van der Waals surface area contributed by atoms with Gasteiger partial charge in [0.05, 0.1) is 30.2 Å². The average Bonchev–Trinajstić information content (AvgIpc) is 3.20. The van der Waals surface area contributed by atoms with Crippen molar-refractivity contribution in [3.63, 3.8) is 0 Å². The van der Waals surface area contributed by atoms with E-state index < -0.39 is 5.82 Å². The molecule has 0 spiro atoms. The van der Waals surface area contributed by atoms with E-state index in [-0.39, 0.29) is 25.1 Å². The van der Waals surface area contributed by atoms with Gasteiger partial charge in [0, 0.05) is 24.5 Å². The number of fused-ring (bicyclic) bond motifs is 2. The maximum atomic E-state index is 13.9. The highest BCUT2D eigenvalue weighted by Gasteiger charge is 2.20. The molecule has 156 valence electrons. The maximum absolute atomic E-state index is 13.9. The van der Waals surface area contributed by atoms with E-state index in [2.05, 4.69) is 30.7 Å². The smallest absolute Gasteiger partial charge is 0.256 e. The normalized spacial score (nSPS) is 16.3. The second-order valence-corrected chi connectivity index (χ2v) is 7.15. The summed E-state index contributed by atoms with van der Waals surface area (Å²) in [6.07, 6.45) is 5.63. The summed E-state index contributed by atoms with van der Waals surface area (Å²) in [5.41, 5.74) is 2.61. The Morgan fingerprint density at radius 1 is 1.19 bits per heavy atom. The van der Waals surface area contributed by atoms with Crippen LogP contribution in [-0.4, -0.2) is 43.1 Å². The topological polar surface area (TPSA) is 106 Å². The number of rotatable bonds is 1. The fraction of sp³-hybridized carbons (Fsp3) is 0.190. The molecule has 1 aliphatic rings. The van der Waals surface area contributed by atoms with E-state index in [1.807, 2.05) is 18.2 Å². The van der Waals surface area contributed by atoms with E-state index in [0.29, 0.717) is 39.7 Å². The summed E-state index contributed by atoms with van der Waals surface area (Å²) in [5.74, 6) is -0.0245. The number of hydrogen-bond donors (Lipinski definition) is 2. The van der Waals surface area contributed by atoms with Gasteiger partial charge in [-0.05, 0) is 25.1 Å². The third-order valence-corrected chi connectivity index (χ3v) is 4.88. The Labute approximate surface area is 176 Å². The van der Waals surface area contributed by atoms with Crippen LogP contribution in [0.2, 0.25) is 0 Å². The first-order valence-electron chi connectivity index (χ1n) is 9.71. The van der Waals surface area contributed by atoms with Gasteiger partial charge >= 0.3 is 0 Å². The average molecular weight is 419 g/mol. The van der Waals surface area contributed by atoms with Gasteiger partial charge in [0.2, 0.25) is 5.88 Å². The highest BCUT2D eigenvalue weighted by atomic mass is 19.1. The molecule has 1 aliphatic heterocycles. The number of hydrogen-bond acceptors (Lipinski definition) is 7. The Balaban J connectivity index is 1.67. The Bertz CT molecular complexity index is 1280. The molecule has 4 aromatic heterocycles. The molecular weight excluding hydrogens is 401 g/mol. The minimum atomic E-state index is -0.471. The molecule has 10 heteroatoms. The first-order valence-corrected chi connectivity index (χ1v) is 9.71. The monoisotopic (exact) mass is 419 g/mol. The van der Waals surface area contributed by atoms with Gasteiger partial charge in [0.25, 0.3) is 5.91 Å². The second kappa shape index (κ2) is 7.63. The number of ether oxygens (including phenoxy) is 1. The molecule has 1 amide bonds. The molecule has 4 aromatic rings. The standard InChI is InChI=1S/C21H18FN7O2/c1-12-7-25-20(30)15-10-27-29-11-16(17-4-2-3-5-23-17)18(28-19(15)29)24-8-13-6-14(22)9-26-21(13)31-12/h2-6,9-12H,7-8H2,1H3,(H,24,28)(H,25,30)/t12-/m0/s1. The Morgan fingerprint density at radius 2 is 2.10 bits per heavy atom. The highest BCUT2D eigenvalue weighted by Crippen LogP contribution is 2.28. The predicted octanol–water partition coefficient (Wildman–Crippen LogP) is 2.45. The molecule has 1 atom stereocenters. The number of pyridine rings is 2. The van der Waals surface area contributed by atoms with E-state index in [0.717, 1.165) is 6.20 Å². The summed E-state index contributed by atoms with van der Waals surface area (Å²) in [4.78, 5) is 25.9. The zero-order valence-electron chi connectivity index (χ0n) is 16.5. The third kappa shape index (κ3) is 3.63. The van der Waals surface area contributed by atoms with Gasteiger partial charge in [0.15, 0.2) is 5.65 Å². The summed E-state index contributed by atoms with van der Waals surface area (Å²) in [5, 5.41) is 10.3. The van der Waals surface area contributed by atoms with Gasteiger partial charge in [0.1, 0.15) is 23.3 Å². The van der Waals surface area contributed by atoms with Crippen molar-refractivity contribution < 1.29 is 13.9 Å². The van der Waals surface area contributed by atoms with Crippen LogP contribution >= 0.6 is 0 Å². The Hall–Kier alpha value is -4.08. The molecule has 2 N–H and O–H groups in total. The maximum Gasteiger partial charge on any atom is 0.256 e. The van der Waals surface area contributed by atoms with Crippen LogP contribution in [0.1, 0.15) is 22.8 Å². The fourth-order valence-electron chi connectivity index (χ4n) is 3.36. The fourth-order valence-corrected chi connectivity index (χ4v) is 3.36. The van der Waals surface area contributed by atoms with Gasteiger partial charge in [-0.1, -0.05) is 6.07 Å². The molecule has 0 unspecified atom stereocenters. The molecule has 9 nitrogen and oxygen atoms in total. The summed E-state index contributed by atoms with van der Waals surface area (Å²) in [6.45, 7) is 2.24. The molecule has 0 aromatic carbocycles. The lowest BCUT2D eigenvalue weighted by Crippen LogP contribution is -2.33. The van der Waals surface area contributed by atoms with Crippen LogP contribution in [0, 0.1) is 5.82 Å². The lowest BCUT2D eigenvalue weighted by Gasteiger charge is -2.17. The number of amides is 1. The summed E-state index contributed by atoms with van der Waals surface area (Å²) in [7, 11) is 0. The van der Waals surface area contributed by atoms with E-state index in [1.165, 1.54) is 12.3 Å². The van der Waals surface area contributed by atoms with Gasteiger partial charge in [-0.2, -0.15) is 5.10 Å². The van der Waals surface area contributed by atoms with Crippen molar-refractivity contribution in [2.24, 2.45) is 0 Å². The first kappa shape index (κ1) is 18.9. The lowest BCUT2D eigenvalue weighted by atomic mass is 10.2. The number of aromatic nitrogens is 5. The summed E-state index contributed by atoms with van der Waals surface area (Å²) >= 11 is 0. The molecule has 0 saturated carbocycles. The number of nitrogens with zero attached hydrogens (tertiary/aromatic N) is 5. The van der Waals surface area contributed by atoms with E-state index >= 15 is 0 Å². The van der Waals surface area contributed by atoms with Gasteiger partial charge in [-0.15, -0.1) is 0 Å². The minimum absolute atomic E-state index is 0.209. The van der Waals surface area contributed by atoms with Crippen LogP contribution < -0.4 is 15.4 Å². The van der Waals surface area contributed by atoms with Crippen LogP contribution in [0.3, 0.4) is 0 Å². The Morgan fingerprint density at radius 3 is 2.94 bits per heavy atom. The quantitative estimate of drug-likeness (QED) is 0.488. The molecule has 2 bridgehead atoms. The van der Waals surface area contributed by atoms with Crippen LogP contribution in [0.15, 0.2) is 49.1 Å². The largest absolute Gasteiger partial charge is 0.473 e. The molecule has 0 radical (unpaired) electrons. The predicted molar refractivity (Wildman–Crippen MR) is 110 cm³/mol. The van der Waals surface area contributed by atoms with Crippen LogP contribution in [0.25, 0.3) is 16.9 Å². The SMILES string of the molecule is C[C@H]1CNC(=O)c2cnn3cc(-c4ccccn4)c(nc23)NCc2cc(F)cnc2O1. The van der Waals surface area contributed by atoms with Crippen molar-refractivity contribution in [1.29, 1.82) is 0 Å². The lowest BCUT2D eigenvalue weighted by molar-refractivity contribution is 0.0932. The zero-order valence-corrected chi connectivity index (χ0v) is 16.5. The van der Waals surface area contributed by atoms with Crippen molar-refractivity contribution in [3.8, 4) is 17.1 Å². The van der Waals surface area contributed by atoms with Crippen LogP contribution in [0.5, 0.6) is 5.88 Å². The highest BCUT2D eigenvalue weighted by molar-refractivity contribution is 6.00. The number of carbonyl (C=O) groups excluding carboxylic acids is 1. The molecule has 0 fully saturated rings. The summed E-state index contributed by atoms with van der Waals surface area (Å²) in [6, 6.07) is 6.89. The number of nitrogens with one attached hydrogen (secondary N) is 2. The molecule has 5 rings (SSSR count). The molecule has 5 heterocycles. The van der Waals surface area contributed by atoms with Crippen LogP contribution in [0.4, 0.5) is 10.2 Å². The van der Waals surface area contributed by atoms with Gasteiger partial charge in [-0.25, -0.2) is 18.9 Å². The van der Waals surface area contributed by atoms with E-state index in [4.69, 9.17) is 4.74 Å². The summed E-state index contributed by atoms with van der Waals surface area (Å²) < 4.78 is 21.3. The molecule has 0 aliphatic carbocycles. The van der Waals surface area contributed by atoms with Gasteiger partial charge < -0.3 is 15.4 Å². The molecule has 0 saturated heterocycles. The van der Waals surface area contributed by atoms with Crippen molar-refractivity contribution in [2.75, 3.05) is 11.9 Å². The number of halogens is 1.